The molecule has 5 heteroatoms. The van der Waals surface area contributed by atoms with E-state index in [0.717, 1.165) is 43.4 Å². The van der Waals surface area contributed by atoms with Crippen molar-refractivity contribution in [3.8, 4) is 11.5 Å². The van der Waals surface area contributed by atoms with Gasteiger partial charge in [0.25, 0.3) is 0 Å². The topological polar surface area (TPSA) is 47.5 Å². The molecule has 1 saturated heterocycles. The van der Waals surface area contributed by atoms with E-state index in [2.05, 4.69) is 14.9 Å². The smallest absolute Gasteiger partial charge is 0.132 e. The van der Waals surface area contributed by atoms with E-state index < -0.39 is 0 Å². The molecular formula is C17H21N3O2. The molecule has 0 saturated carbocycles. The van der Waals surface area contributed by atoms with E-state index >= 15 is 0 Å². The standard InChI is InChI=1S/C17H21N3O2/c1-21-15-4-2-5-16(12-15)22-11-10-20-9-6-14(13-20)17-18-7-3-8-19-17/h2-5,7-8,12,14H,6,9-11,13H2,1H3. The van der Waals surface area contributed by atoms with Crippen molar-refractivity contribution in [3.63, 3.8) is 0 Å². The molecule has 1 fully saturated rings. The van der Waals surface area contributed by atoms with Crippen LogP contribution in [0, 0.1) is 0 Å². The molecule has 116 valence electrons. The normalized spacial score (nSPS) is 18.3. The zero-order chi connectivity index (χ0) is 15.2. The SMILES string of the molecule is COc1cccc(OCCN2CCC(c3ncccn3)C2)c1. The van der Waals surface area contributed by atoms with Crippen LogP contribution < -0.4 is 9.47 Å². The van der Waals surface area contributed by atoms with Gasteiger partial charge in [0.15, 0.2) is 0 Å². The Balaban J connectivity index is 1.45. The van der Waals surface area contributed by atoms with Crippen LogP contribution in [0.2, 0.25) is 0 Å². The zero-order valence-electron chi connectivity index (χ0n) is 12.8. The summed E-state index contributed by atoms with van der Waals surface area (Å²) in [4.78, 5) is 11.1. The Hall–Kier alpha value is -2.14. The van der Waals surface area contributed by atoms with Crippen molar-refractivity contribution in [1.82, 2.24) is 14.9 Å². The van der Waals surface area contributed by atoms with Crippen LogP contribution >= 0.6 is 0 Å². The average Bonchev–Trinajstić information content (AvgIpc) is 3.05. The summed E-state index contributed by atoms with van der Waals surface area (Å²) < 4.78 is 11.0. The lowest BCUT2D eigenvalue weighted by Gasteiger charge is -2.16. The molecule has 1 atom stereocenters. The van der Waals surface area contributed by atoms with Crippen LogP contribution in [0.1, 0.15) is 18.2 Å². The first-order valence-corrected chi connectivity index (χ1v) is 7.61. The second-order valence-corrected chi connectivity index (χ2v) is 5.42. The van der Waals surface area contributed by atoms with Gasteiger partial charge >= 0.3 is 0 Å². The van der Waals surface area contributed by atoms with Gasteiger partial charge in [-0.2, -0.15) is 0 Å². The van der Waals surface area contributed by atoms with Crippen LogP contribution in [-0.2, 0) is 0 Å². The van der Waals surface area contributed by atoms with Gasteiger partial charge in [-0.05, 0) is 31.2 Å². The molecule has 3 rings (SSSR count). The van der Waals surface area contributed by atoms with Gasteiger partial charge in [0, 0.05) is 37.5 Å². The Bertz CT molecular complexity index is 591. The fraction of sp³-hybridized carbons (Fsp3) is 0.412. The highest BCUT2D eigenvalue weighted by Crippen LogP contribution is 2.24. The second-order valence-electron chi connectivity index (χ2n) is 5.42. The largest absolute Gasteiger partial charge is 0.497 e. The van der Waals surface area contributed by atoms with Crippen LogP contribution in [0.25, 0.3) is 0 Å². The van der Waals surface area contributed by atoms with Gasteiger partial charge in [-0.25, -0.2) is 9.97 Å². The highest BCUT2D eigenvalue weighted by molar-refractivity contribution is 5.32. The van der Waals surface area contributed by atoms with Crippen molar-refractivity contribution < 1.29 is 9.47 Å². The van der Waals surface area contributed by atoms with Crippen LogP contribution in [0.15, 0.2) is 42.7 Å². The molecule has 0 spiro atoms. The molecule has 1 unspecified atom stereocenters. The minimum absolute atomic E-state index is 0.443. The summed E-state index contributed by atoms with van der Waals surface area (Å²) in [7, 11) is 1.66. The average molecular weight is 299 g/mol. The third-order valence-electron chi connectivity index (χ3n) is 3.94. The Kier molecular flexibility index (Phi) is 4.85. The maximum absolute atomic E-state index is 5.80. The number of methoxy groups -OCH3 is 1. The van der Waals surface area contributed by atoms with E-state index in [1.807, 2.05) is 42.7 Å². The molecule has 0 bridgehead atoms. The van der Waals surface area contributed by atoms with E-state index in [0.29, 0.717) is 12.5 Å². The summed E-state index contributed by atoms with van der Waals surface area (Å²) in [5.41, 5.74) is 0. The summed E-state index contributed by atoms with van der Waals surface area (Å²) in [6.45, 7) is 3.67. The molecular weight excluding hydrogens is 278 g/mol. The molecule has 0 aliphatic carbocycles. The summed E-state index contributed by atoms with van der Waals surface area (Å²) in [6, 6.07) is 9.57. The highest BCUT2D eigenvalue weighted by atomic mass is 16.5. The summed E-state index contributed by atoms with van der Waals surface area (Å²) >= 11 is 0. The lowest BCUT2D eigenvalue weighted by Crippen LogP contribution is -2.26. The predicted octanol–water partition coefficient (Wildman–Crippen LogP) is 2.35. The number of rotatable bonds is 6. The molecule has 2 aromatic rings. The lowest BCUT2D eigenvalue weighted by molar-refractivity contribution is 0.235. The van der Waals surface area contributed by atoms with Crippen LogP contribution in [0.4, 0.5) is 0 Å². The number of benzene rings is 1. The molecule has 1 aliphatic heterocycles. The molecule has 1 aromatic heterocycles. The van der Waals surface area contributed by atoms with Crippen LogP contribution in [0.5, 0.6) is 11.5 Å². The summed E-state index contributed by atoms with van der Waals surface area (Å²) in [5, 5.41) is 0. The van der Waals surface area contributed by atoms with Crippen molar-refractivity contribution in [2.75, 3.05) is 33.4 Å². The minimum Gasteiger partial charge on any atom is -0.497 e. The highest BCUT2D eigenvalue weighted by Gasteiger charge is 2.25. The zero-order valence-corrected chi connectivity index (χ0v) is 12.8. The van der Waals surface area contributed by atoms with Crippen LogP contribution in [-0.4, -0.2) is 48.2 Å². The van der Waals surface area contributed by atoms with E-state index in [1.165, 1.54) is 0 Å². The summed E-state index contributed by atoms with van der Waals surface area (Å²) in [6.07, 6.45) is 4.75. The fourth-order valence-corrected chi connectivity index (χ4v) is 2.75. The maximum Gasteiger partial charge on any atom is 0.132 e. The van der Waals surface area contributed by atoms with E-state index in [4.69, 9.17) is 9.47 Å². The molecule has 5 nitrogen and oxygen atoms in total. The van der Waals surface area contributed by atoms with Gasteiger partial charge < -0.3 is 9.47 Å². The van der Waals surface area contributed by atoms with Gasteiger partial charge in [-0.1, -0.05) is 6.07 Å². The van der Waals surface area contributed by atoms with Gasteiger partial charge in [-0.3, -0.25) is 4.90 Å². The molecule has 0 N–H and O–H groups in total. The Morgan fingerprint density at radius 2 is 2.00 bits per heavy atom. The Labute approximate surface area is 130 Å². The number of hydrogen-bond donors (Lipinski definition) is 0. The van der Waals surface area contributed by atoms with Crippen molar-refractivity contribution in [2.45, 2.75) is 12.3 Å². The number of likely N-dealkylation sites (tertiary alicyclic amines) is 1. The third-order valence-corrected chi connectivity index (χ3v) is 3.94. The lowest BCUT2D eigenvalue weighted by atomic mass is 10.1. The van der Waals surface area contributed by atoms with Crippen molar-refractivity contribution in [1.29, 1.82) is 0 Å². The number of ether oxygens (including phenoxy) is 2. The number of nitrogens with zero attached hydrogens (tertiary/aromatic N) is 3. The van der Waals surface area contributed by atoms with Gasteiger partial charge in [-0.15, -0.1) is 0 Å². The predicted molar refractivity (Wildman–Crippen MR) is 84.3 cm³/mol. The first-order chi connectivity index (χ1) is 10.8. The van der Waals surface area contributed by atoms with E-state index in [-0.39, 0.29) is 0 Å². The molecule has 22 heavy (non-hydrogen) atoms. The van der Waals surface area contributed by atoms with E-state index in [9.17, 15) is 0 Å². The molecule has 0 radical (unpaired) electrons. The Morgan fingerprint density at radius 1 is 1.18 bits per heavy atom. The first-order valence-electron chi connectivity index (χ1n) is 7.61. The minimum atomic E-state index is 0.443. The van der Waals surface area contributed by atoms with E-state index in [1.54, 1.807) is 7.11 Å². The van der Waals surface area contributed by atoms with Gasteiger partial charge in [0.2, 0.25) is 0 Å². The fourth-order valence-electron chi connectivity index (χ4n) is 2.75. The van der Waals surface area contributed by atoms with Crippen molar-refractivity contribution in [2.24, 2.45) is 0 Å². The number of hydrogen-bond acceptors (Lipinski definition) is 5. The molecule has 1 aromatic carbocycles. The second kappa shape index (κ2) is 7.22. The molecule has 1 aliphatic rings. The van der Waals surface area contributed by atoms with Crippen molar-refractivity contribution in [3.05, 3.63) is 48.5 Å². The first kappa shape index (κ1) is 14.8. The van der Waals surface area contributed by atoms with Gasteiger partial charge in [0.05, 0.1) is 7.11 Å². The van der Waals surface area contributed by atoms with Crippen molar-refractivity contribution >= 4 is 0 Å². The third kappa shape index (κ3) is 3.74. The van der Waals surface area contributed by atoms with Gasteiger partial charge in [0.1, 0.15) is 23.9 Å². The number of aromatic nitrogens is 2. The molecule has 0 amide bonds. The molecule has 2 heterocycles. The maximum atomic E-state index is 5.80. The summed E-state index contributed by atoms with van der Waals surface area (Å²) in [5.74, 6) is 3.07. The van der Waals surface area contributed by atoms with Crippen LogP contribution in [0.3, 0.4) is 0 Å². The monoisotopic (exact) mass is 299 g/mol. The Morgan fingerprint density at radius 3 is 2.82 bits per heavy atom. The quantitative estimate of drug-likeness (QED) is 0.819.